The number of rotatable bonds is 1. The molecule has 3 N–H and O–H groups in total. The fourth-order valence-electron chi connectivity index (χ4n) is 0.855. The second-order valence-corrected chi connectivity index (χ2v) is 2.40. The fourth-order valence-corrected chi connectivity index (χ4v) is 0.855. The maximum absolute atomic E-state index is 10.5. The molecule has 0 amide bonds. The van der Waals surface area contributed by atoms with Crippen molar-refractivity contribution in [2.75, 3.05) is 5.73 Å². The highest BCUT2D eigenvalue weighted by Gasteiger charge is 2.05. The molecule has 0 unspecified atom stereocenters. The molecule has 5 heteroatoms. The smallest absolute Gasteiger partial charge is 0.337 e. The molecule has 0 bridgehead atoms. The van der Waals surface area contributed by atoms with Crippen LogP contribution in [0.5, 0.6) is 0 Å². The van der Waals surface area contributed by atoms with Crippen molar-refractivity contribution in [2.24, 2.45) is 0 Å². The van der Waals surface area contributed by atoms with Crippen molar-refractivity contribution in [2.45, 2.75) is 6.92 Å². The van der Waals surface area contributed by atoms with Crippen molar-refractivity contribution in [3.63, 3.8) is 0 Å². The molecule has 0 saturated heterocycles. The molecular formula is C8H9N3O2. The third kappa shape index (κ3) is 2.79. The number of nitrogen functional groups attached to an aromatic ring is 1. The fraction of sp³-hybridized carbons (Fsp3) is 0.125. The van der Waals surface area contributed by atoms with Crippen LogP contribution in [0.4, 0.5) is 5.69 Å². The normalized spacial score (nSPS) is 8.23. The first kappa shape index (κ1) is 10.9. The van der Waals surface area contributed by atoms with E-state index in [9.17, 15) is 4.79 Å². The zero-order valence-electron chi connectivity index (χ0n) is 7.06. The summed E-state index contributed by atoms with van der Waals surface area (Å²) >= 11 is 0. The van der Waals surface area contributed by atoms with Gasteiger partial charge in [0.05, 0.1) is 5.56 Å². The van der Waals surface area contributed by atoms with Crippen LogP contribution in [0, 0.1) is 17.7 Å². The predicted molar refractivity (Wildman–Crippen MR) is 46.0 cm³/mol. The summed E-state index contributed by atoms with van der Waals surface area (Å²) in [6, 6.07) is 4.93. The Bertz CT molecular complexity index is 333. The molecule has 1 aromatic carbocycles. The number of carbonyl (C=O) groups is 1. The van der Waals surface area contributed by atoms with Crippen molar-refractivity contribution in [1.29, 1.82) is 10.8 Å². The highest BCUT2D eigenvalue weighted by atomic mass is 16.4. The Hall–Kier alpha value is -2.09. The minimum absolute atomic E-state index is 0.171. The zero-order valence-corrected chi connectivity index (χ0v) is 7.06. The Morgan fingerprint density at radius 2 is 2.00 bits per heavy atom. The first-order valence-corrected chi connectivity index (χ1v) is 3.40. The minimum Gasteiger partial charge on any atom is -0.478 e. The quantitative estimate of drug-likeness (QED) is 0.498. The zero-order chi connectivity index (χ0) is 10.4. The lowest BCUT2D eigenvalue weighted by Gasteiger charge is -2.00. The number of hydrogen-bond acceptors (Lipinski definition) is 4. The van der Waals surface area contributed by atoms with Crippen LogP contribution >= 0.6 is 0 Å². The van der Waals surface area contributed by atoms with E-state index in [-0.39, 0.29) is 5.56 Å². The van der Waals surface area contributed by atoms with Gasteiger partial charge in [0.25, 0.3) is 0 Å². The van der Waals surface area contributed by atoms with Gasteiger partial charge in [0.15, 0.2) is 0 Å². The molecule has 68 valence electrons. The van der Waals surface area contributed by atoms with E-state index in [0.717, 1.165) is 5.56 Å². The van der Waals surface area contributed by atoms with Gasteiger partial charge >= 0.3 is 5.97 Å². The van der Waals surface area contributed by atoms with Crippen LogP contribution in [0.3, 0.4) is 0 Å². The van der Waals surface area contributed by atoms with Gasteiger partial charge in [-0.1, -0.05) is 11.6 Å². The molecule has 1 aromatic rings. The van der Waals surface area contributed by atoms with Crippen LogP contribution in [0.2, 0.25) is 0 Å². The van der Waals surface area contributed by atoms with E-state index in [4.69, 9.17) is 21.6 Å². The van der Waals surface area contributed by atoms with Gasteiger partial charge in [-0.05, 0) is 19.1 Å². The molecule has 0 fully saturated rings. The number of nitrogens with zero attached hydrogens (tertiary/aromatic N) is 2. The molecule has 5 nitrogen and oxygen atoms in total. The summed E-state index contributed by atoms with van der Waals surface area (Å²) in [6.07, 6.45) is 0. The van der Waals surface area contributed by atoms with E-state index in [1.165, 1.54) is 0 Å². The van der Waals surface area contributed by atoms with Crippen LogP contribution in [0.25, 0.3) is 0 Å². The first-order chi connectivity index (χ1) is 6.11. The van der Waals surface area contributed by atoms with Gasteiger partial charge in [-0.2, -0.15) is 0 Å². The number of nitrogens with two attached hydrogens (primary N) is 1. The highest BCUT2D eigenvalue weighted by molar-refractivity contribution is 5.93. The lowest BCUT2D eigenvalue weighted by molar-refractivity contribution is 0.0698. The summed E-state index contributed by atoms with van der Waals surface area (Å²) in [5, 5.41) is 20.6. The number of carboxylic acids is 1. The van der Waals surface area contributed by atoms with Crippen molar-refractivity contribution < 1.29 is 9.90 Å². The Balaban J connectivity index is 0.000000671. The summed E-state index contributed by atoms with van der Waals surface area (Å²) in [7, 11) is 0. The van der Waals surface area contributed by atoms with Crippen LogP contribution in [-0.4, -0.2) is 11.1 Å². The van der Waals surface area contributed by atoms with Gasteiger partial charge in [0.1, 0.15) is 0 Å². The predicted octanol–water partition coefficient (Wildman–Crippen LogP) is 1.31. The van der Waals surface area contributed by atoms with Crippen molar-refractivity contribution >= 4 is 11.7 Å². The maximum Gasteiger partial charge on any atom is 0.337 e. The van der Waals surface area contributed by atoms with Gasteiger partial charge in [0.2, 0.25) is 0 Å². The highest BCUT2D eigenvalue weighted by Crippen LogP contribution is 2.12. The third-order valence-corrected chi connectivity index (χ3v) is 1.44. The molecule has 0 atom stereocenters. The molecule has 0 spiro atoms. The number of aryl methyl sites for hydroxylation is 1. The standard InChI is InChI=1S/C8H9NO2.N2/c1-5-2-3-7(9)6(4-5)8(10)11;1-2/h2-4H,9H2,1H3,(H,10,11);. The summed E-state index contributed by atoms with van der Waals surface area (Å²) in [5.74, 6) is -0.980. The van der Waals surface area contributed by atoms with Gasteiger partial charge in [-0.15, -0.1) is 0 Å². The van der Waals surface area contributed by atoms with Gasteiger partial charge in [0, 0.05) is 16.5 Å². The number of benzene rings is 1. The van der Waals surface area contributed by atoms with E-state index >= 15 is 0 Å². The third-order valence-electron chi connectivity index (χ3n) is 1.44. The molecular weight excluding hydrogens is 170 g/mol. The molecule has 0 aliphatic carbocycles. The second kappa shape index (κ2) is 4.72. The minimum atomic E-state index is -0.980. The van der Waals surface area contributed by atoms with E-state index in [1.54, 1.807) is 18.2 Å². The molecule has 0 saturated carbocycles. The number of aromatic carboxylic acids is 1. The van der Waals surface area contributed by atoms with Crippen LogP contribution in [-0.2, 0) is 0 Å². The maximum atomic E-state index is 10.5. The monoisotopic (exact) mass is 179 g/mol. The van der Waals surface area contributed by atoms with E-state index in [0.29, 0.717) is 5.69 Å². The van der Waals surface area contributed by atoms with Gasteiger partial charge in [-0.25, -0.2) is 4.79 Å². The van der Waals surface area contributed by atoms with E-state index in [1.807, 2.05) is 6.92 Å². The van der Waals surface area contributed by atoms with E-state index < -0.39 is 5.97 Å². The van der Waals surface area contributed by atoms with Gasteiger partial charge < -0.3 is 10.8 Å². The van der Waals surface area contributed by atoms with Gasteiger partial charge in [-0.3, -0.25) is 0 Å². The molecule has 0 aliphatic heterocycles. The molecule has 13 heavy (non-hydrogen) atoms. The number of hydrogen-bond donors (Lipinski definition) is 2. The molecule has 1 rings (SSSR count). The Kier molecular flexibility index (Phi) is 3.96. The summed E-state index contributed by atoms with van der Waals surface area (Å²) in [6.45, 7) is 1.83. The molecule has 0 radical (unpaired) electrons. The topological polar surface area (TPSA) is 111 Å². The first-order valence-electron chi connectivity index (χ1n) is 3.40. The van der Waals surface area contributed by atoms with Crippen LogP contribution in [0.15, 0.2) is 18.2 Å². The molecule has 0 aliphatic rings. The van der Waals surface area contributed by atoms with E-state index in [2.05, 4.69) is 0 Å². The Morgan fingerprint density at radius 3 is 2.38 bits per heavy atom. The number of anilines is 1. The summed E-state index contributed by atoms with van der Waals surface area (Å²) in [5.41, 5.74) is 6.79. The van der Waals surface area contributed by atoms with Crippen molar-refractivity contribution in [1.82, 2.24) is 0 Å². The van der Waals surface area contributed by atoms with Crippen LogP contribution in [0.1, 0.15) is 15.9 Å². The van der Waals surface area contributed by atoms with Crippen LogP contribution < -0.4 is 5.73 Å². The number of carboxylic acid groups (broad SMARTS) is 1. The van der Waals surface area contributed by atoms with Crippen molar-refractivity contribution in [3.8, 4) is 0 Å². The Morgan fingerprint density at radius 1 is 1.46 bits per heavy atom. The SMILES string of the molecule is Cc1ccc(N)c(C(=O)O)c1.N#N. The summed E-state index contributed by atoms with van der Waals surface area (Å²) in [4.78, 5) is 10.5. The molecule has 0 aromatic heterocycles. The summed E-state index contributed by atoms with van der Waals surface area (Å²) < 4.78 is 0. The lowest BCUT2D eigenvalue weighted by Crippen LogP contribution is -2.02. The average Bonchev–Trinajstić information content (AvgIpc) is 2.12. The van der Waals surface area contributed by atoms with Crippen molar-refractivity contribution in [3.05, 3.63) is 29.3 Å². The lowest BCUT2D eigenvalue weighted by atomic mass is 10.1. The molecule has 0 heterocycles. The second-order valence-electron chi connectivity index (χ2n) is 2.40. The largest absolute Gasteiger partial charge is 0.478 e. The Labute approximate surface area is 75.2 Å². The average molecular weight is 179 g/mol.